The number of carbonyl (C=O) groups excluding carboxylic acids is 1. The van der Waals surface area contributed by atoms with E-state index in [-0.39, 0.29) is 17.7 Å². The zero-order valence-electron chi connectivity index (χ0n) is 12.6. The SMILES string of the molecule is O=C(c1ccccc1Br)N1NC2=CCCCC[C@@H]2[C@]1(O)C(F)(F)F. The van der Waals surface area contributed by atoms with Gasteiger partial charge in [-0.05, 0) is 47.3 Å². The van der Waals surface area contributed by atoms with Crippen LogP contribution in [0.25, 0.3) is 0 Å². The van der Waals surface area contributed by atoms with Gasteiger partial charge in [-0.25, -0.2) is 5.01 Å². The van der Waals surface area contributed by atoms with Gasteiger partial charge in [0.1, 0.15) is 0 Å². The van der Waals surface area contributed by atoms with Gasteiger partial charge in [-0.2, -0.15) is 13.2 Å². The van der Waals surface area contributed by atoms with Crippen molar-refractivity contribution in [3.05, 3.63) is 46.1 Å². The van der Waals surface area contributed by atoms with Crippen LogP contribution in [0.15, 0.2) is 40.5 Å². The first-order valence-electron chi connectivity index (χ1n) is 7.61. The summed E-state index contributed by atoms with van der Waals surface area (Å²) < 4.78 is 41.6. The maximum atomic E-state index is 13.8. The Morgan fingerprint density at radius 3 is 2.71 bits per heavy atom. The molecule has 0 bridgehead atoms. The minimum absolute atomic E-state index is 0.0461. The fourth-order valence-corrected chi connectivity index (χ4v) is 3.70. The van der Waals surface area contributed by atoms with Gasteiger partial charge in [0.15, 0.2) is 0 Å². The van der Waals surface area contributed by atoms with E-state index in [1.165, 1.54) is 6.07 Å². The second-order valence-corrected chi connectivity index (χ2v) is 6.81. The van der Waals surface area contributed by atoms with Gasteiger partial charge in [-0.15, -0.1) is 0 Å². The smallest absolute Gasteiger partial charge is 0.362 e. The molecule has 1 aliphatic heterocycles. The normalized spacial score (nSPS) is 27.1. The number of halogens is 4. The highest BCUT2D eigenvalue weighted by Gasteiger charge is 2.68. The van der Waals surface area contributed by atoms with E-state index >= 15 is 0 Å². The first-order chi connectivity index (χ1) is 11.3. The van der Waals surface area contributed by atoms with Crippen LogP contribution in [0.5, 0.6) is 0 Å². The maximum Gasteiger partial charge on any atom is 0.439 e. The molecule has 2 aliphatic rings. The van der Waals surface area contributed by atoms with Crippen LogP contribution >= 0.6 is 15.9 Å². The molecule has 1 amide bonds. The number of alkyl halides is 3. The van der Waals surface area contributed by atoms with Gasteiger partial charge < -0.3 is 5.11 Å². The Morgan fingerprint density at radius 2 is 2.04 bits per heavy atom. The molecule has 0 radical (unpaired) electrons. The largest absolute Gasteiger partial charge is 0.439 e. The van der Waals surface area contributed by atoms with Gasteiger partial charge in [-0.1, -0.05) is 24.6 Å². The first-order valence-corrected chi connectivity index (χ1v) is 8.41. The molecule has 0 aromatic heterocycles. The molecule has 1 aromatic rings. The summed E-state index contributed by atoms with van der Waals surface area (Å²) in [7, 11) is 0. The number of amides is 1. The Morgan fingerprint density at radius 1 is 1.33 bits per heavy atom. The fourth-order valence-electron chi connectivity index (χ4n) is 3.24. The number of hydrazine groups is 1. The monoisotopic (exact) mass is 404 g/mol. The number of rotatable bonds is 1. The molecule has 0 unspecified atom stereocenters. The van der Waals surface area contributed by atoms with E-state index in [4.69, 9.17) is 0 Å². The lowest BCUT2D eigenvalue weighted by Gasteiger charge is -2.37. The Kier molecular flexibility index (Phi) is 4.37. The minimum Gasteiger partial charge on any atom is -0.362 e. The second kappa shape index (κ2) is 6.07. The van der Waals surface area contributed by atoms with Crippen LogP contribution in [-0.4, -0.2) is 27.9 Å². The number of allylic oxidation sites excluding steroid dienone is 1. The first kappa shape index (κ1) is 17.3. The number of benzene rings is 1. The minimum atomic E-state index is -4.98. The molecule has 1 heterocycles. The summed E-state index contributed by atoms with van der Waals surface area (Å²) in [6.45, 7) is 0. The predicted octanol–water partition coefficient (Wildman–Crippen LogP) is 3.73. The molecule has 4 nitrogen and oxygen atoms in total. The third-order valence-electron chi connectivity index (χ3n) is 4.48. The Labute approximate surface area is 145 Å². The standard InChI is InChI=1S/C16H16BrF3N2O2/c17-12-8-5-4-6-10(12)14(23)22-15(24,16(18,19)20)11-7-2-1-3-9-13(11)21-22/h4-6,8-9,11,21,24H,1-3,7H2/t11-,15-/m0/s1. The van der Waals surface area contributed by atoms with Crippen LogP contribution in [0.4, 0.5) is 13.2 Å². The van der Waals surface area contributed by atoms with E-state index in [1.54, 1.807) is 24.3 Å². The molecule has 2 atom stereocenters. The molecule has 8 heteroatoms. The van der Waals surface area contributed by atoms with Crippen molar-refractivity contribution >= 4 is 21.8 Å². The summed E-state index contributed by atoms with van der Waals surface area (Å²) >= 11 is 3.17. The number of fused-ring (bicyclic) bond motifs is 1. The molecule has 1 aliphatic carbocycles. The lowest BCUT2D eigenvalue weighted by atomic mass is 9.89. The van der Waals surface area contributed by atoms with Crippen molar-refractivity contribution in [1.29, 1.82) is 0 Å². The zero-order chi connectivity index (χ0) is 17.5. The summed E-state index contributed by atoms with van der Waals surface area (Å²) in [6, 6.07) is 6.18. The van der Waals surface area contributed by atoms with Gasteiger partial charge in [0.25, 0.3) is 11.6 Å². The summed E-state index contributed by atoms with van der Waals surface area (Å²) in [6.07, 6.45) is -1.25. The van der Waals surface area contributed by atoms with Crippen LogP contribution in [0.3, 0.4) is 0 Å². The Bertz CT molecular complexity index is 692. The van der Waals surface area contributed by atoms with Crippen LogP contribution < -0.4 is 5.43 Å². The van der Waals surface area contributed by atoms with E-state index in [9.17, 15) is 23.1 Å². The Balaban J connectivity index is 2.07. The third kappa shape index (κ3) is 2.61. The number of hydrogen-bond acceptors (Lipinski definition) is 3. The van der Waals surface area contributed by atoms with Crippen molar-refractivity contribution in [3.63, 3.8) is 0 Å². The zero-order valence-corrected chi connectivity index (χ0v) is 14.2. The van der Waals surface area contributed by atoms with Crippen LogP contribution in [0.1, 0.15) is 36.0 Å². The molecule has 130 valence electrons. The summed E-state index contributed by atoms with van der Waals surface area (Å²) in [4.78, 5) is 12.7. The highest BCUT2D eigenvalue weighted by molar-refractivity contribution is 9.10. The van der Waals surface area contributed by atoms with Crippen molar-refractivity contribution in [2.45, 2.75) is 37.6 Å². The van der Waals surface area contributed by atoms with E-state index < -0.39 is 23.7 Å². The predicted molar refractivity (Wildman–Crippen MR) is 84.5 cm³/mol. The molecule has 0 spiro atoms. The lowest BCUT2D eigenvalue weighted by molar-refractivity contribution is -0.314. The number of aliphatic hydroxyl groups is 1. The topological polar surface area (TPSA) is 52.6 Å². The van der Waals surface area contributed by atoms with Crippen LogP contribution in [0, 0.1) is 5.92 Å². The van der Waals surface area contributed by atoms with Crippen LogP contribution in [-0.2, 0) is 0 Å². The molecular weight excluding hydrogens is 389 g/mol. The van der Waals surface area contributed by atoms with Crippen molar-refractivity contribution in [1.82, 2.24) is 10.4 Å². The molecule has 2 N–H and O–H groups in total. The van der Waals surface area contributed by atoms with Gasteiger partial charge in [-0.3, -0.25) is 10.2 Å². The third-order valence-corrected chi connectivity index (χ3v) is 5.17. The number of hydrogen-bond donors (Lipinski definition) is 2. The van der Waals surface area contributed by atoms with Crippen molar-refractivity contribution in [3.8, 4) is 0 Å². The summed E-state index contributed by atoms with van der Waals surface area (Å²) in [5.74, 6) is -2.14. The molecule has 1 saturated heterocycles. The number of nitrogens with one attached hydrogen (secondary N) is 1. The van der Waals surface area contributed by atoms with E-state index in [0.717, 1.165) is 6.42 Å². The molecule has 0 saturated carbocycles. The van der Waals surface area contributed by atoms with Gasteiger partial charge in [0.05, 0.1) is 11.5 Å². The molecule has 3 rings (SSSR count). The van der Waals surface area contributed by atoms with Gasteiger partial charge in [0, 0.05) is 10.2 Å². The molecular formula is C16H16BrF3N2O2. The second-order valence-electron chi connectivity index (χ2n) is 5.95. The van der Waals surface area contributed by atoms with E-state index in [0.29, 0.717) is 22.3 Å². The highest BCUT2D eigenvalue weighted by atomic mass is 79.9. The maximum absolute atomic E-state index is 13.8. The summed E-state index contributed by atoms with van der Waals surface area (Å²) in [5.41, 5.74) is -0.456. The molecule has 1 aromatic carbocycles. The average molecular weight is 405 g/mol. The molecule has 1 fully saturated rings. The van der Waals surface area contributed by atoms with Crippen molar-refractivity contribution < 1.29 is 23.1 Å². The van der Waals surface area contributed by atoms with Crippen molar-refractivity contribution in [2.75, 3.05) is 0 Å². The highest BCUT2D eigenvalue weighted by Crippen LogP contribution is 2.48. The van der Waals surface area contributed by atoms with E-state index in [2.05, 4.69) is 21.4 Å². The quantitative estimate of drug-likeness (QED) is 0.749. The number of carbonyl (C=O) groups is 1. The molecule has 24 heavy (non-hydrogen) atoms. The average Bonchev–Trinajstić information content (AvgIpc) is 2.68. The Hall–Kier alpha value is -1.54. The van der Waals surface area contributed by atoms with Crippen molar-refractivity contribution in [2.24, 2.45) is 5.92 Å². The van der Waals surface area contributed by atoms with Crippen LogP contribution in [0.2, 0.25) is 0 Å². The van der Waals surface area contributed by atoms with E-state index in [1.807, 2.05) is 0 Å². The number of nitrogens with zero attached hydrogens (tertiary/aromatic N) is 1. The fraction of sp³-hybridized carbons (Fsp3) is 0.438. The lowest BCUT2D eigenvalue weighted by Crippen LogP contribution is -2.62. The summed E-state index contributed by atoms with van der Waals surface area (Å²) in [5, 5.41) is 10.9. The van der Waals surface area contributed by atoms with Gasteiger partial charge in [0.2, 0.25) is 0 Å². The van der Waals surface area contributed by atoms with Gasteiger partial charge >= 0.3 is 6.18 Å².